The van der Waals surface area contributed by atoms with Gasteiger partial charge >= 0.3 is 5.69 Å². The highest BCUT2D eigenvalue weighted by atomic mass is 16.2. The number of anilines is 1. The highest BCUT2D eigenvalue weighted by molar-refractivity contribution is 5.69. The molecule has 0 aliphatic heterocycles. The Labute approximate surface area is 64.6 Å². The summed E-state index contributed by atoms with van der Waals surface area (Å²) < 4.78 is 0. The van der Waals surface area contributed by atoms with Gasteiger partial charge in [-0.25, -0.2) is 4.79 Å². The van der Waals surface area contributed by atoms with Gasteiger partial charge in [0.25, 0.3) is 5.56 Å². The molecule has 0 bridgehead atoms. The van der Waals surface area contributed by atoms with Crippen LogP contribution in [0.25, 0.3) is 11.2 Å². The molecule has 2 heterocycles. The van der Waals surface area contributed by atoms with Crippen LogP contribution in [0.15, 0.2) is 9.59 Å². The van der Waals surface area contributed by atoms with E-state index in [1.165, 1.54) is 0 Å². The smallest absolute Gasteiger partial charge is 0.325 e. The zero-order valence-corrected chi connectivity index (χ0v) is 5.84. The lowest BCUT2D eigenvalue weighted by Crippen LogP contribution is -2.11. The third-order valence-electron chi connectivity index (χ3n) is 1.41. The number of hydrogen-bond acceptors (Lipinski definition) is 4. The number of fused-ring (bicyclic) bond motifs is 1. The van der Waals surface area contributed by atoms with Gasteiger partial charge in [0.15, 0.2) is 11.2 Å². The minimum absolute atomic E-state index is 0.0252. The number of imidazole rings is 1. The van der Waals surface area contributed by atoms with Gasteiger partial charge < -0.3 is 5.73 Å². The molecule has 2 aromatic heterocycles. The van der Waals surface area contributed by atoms with Crippen LogP contribution in [0.1, 0.15) is 0 Å². The number of aromatic amines is 3. The van der Waals surface area contributed by atoms with E-state index in [-0.39, 0.29) is 17.1 Å². The largest absolute Gasteiger partial charge is 0.369 e. The first-order chi connectivity index (χ1) is 5.66. The van der Waals surface area contributed by atoms with E-state index >= 15 is 0 Å². The average molecular weight is 170 g/mol. The summed E-state index contributed by atoms with van der Waals surface area (Å²) in [7, 11) is 0. The first-order valence-electron chi connectivity index (χ1n) is 3.14. The summed E-state index contributed by atoms with van der Waals surface area (Å²) in [5.74, 6) is -0.0252. The molecule has 0 amide bonds. The summed E-state index contributed by atoms with van der Waals surface area (Å²) in [4.78, 5) is 32.3. The molecule has 0 aromatic carbocycles. The Kier molecular flexibility index (Phi) is 1.09. The number of aromatic nitrogens is 4. The lowest BCUT2D eigenvalue weighted by Gasteiger charge is -1.89. The third-order valence-corrected chi connectivity index (χ3v) is 1.41. The normalized spacial score (nSPS) is 10.7. The maximum atomic E-state index is 11.0. The zero-order chi connectivity index (χ0) is 8.72. The van der Waals surface area contributed by atoms with Crippen LogP contribution in [0, 0.1) is 0 Å². The molecule has 0 aliphatic rings. The molecule has 0 radical (unpaired) electrons. The Balaban J connectivity index is 3.08. The standard InChI is InChI=1S/C5H5N5O2/c6-4-8-2-1(3(11)10-4)7-5(12)9-2/h(H5,6,7,8,9,10,11,12)/i1+1,2+1,5+1. The fourth-order valence-corrected chi connectivity index (χ4v) is 0.949. The van der Waals surface area contributed by atoms with Crippen molar-refractivity contribution in [3.05, 3.63) is 20.8 Å². The monoisotopic (exact) mass is 170 g/mol. The number of nitrogens with two attached hydrogens (primary N) is 1. The average Bonchev–Trinajstić information content (AvgIpc) is 2.29. The summed E-state index contributed by atoms with van der Waals surface area (Å²) >= 11 is 0. The van der Waals surface area contributed by atoms with Crippen molar-refractivity contribution in [2.45, 2.75) is 0 Å². The Morgan fingerprint density at radius 1 is 1.17 bits per heavy atom. The third kappa shape index (κ3) is 0.797. The lowest BCUT2D eigenvalue weighted by molar-refractivity contribution is 1.17. The Bertz CT molecular complexity index is 532. The molecule has 12 heavy (non-hydrogen) atoms. The molecule has 0 fully saturated rings. The van der Waals surface area contributed by atoms with Crippen LogP contribution in [0.3, 0.4) is 0 Å². The van der Waals surface area contributed by atoms with Crippen LogP contribution in [-0.2, 0) is 0 Å². The van der Waals surface area contributed by atoms with E-state index in [0.29, 0.717) is 0 Å². The SMILES string of the molecule is Nc1n[13c]2[nH][13c](=O)[nH][13c]2c(=O)[nH]1. The number of rotatable bonds is 0. The van der Waals surface area contributed by atoms with Crippen LogP contribution in [0.2, 0.25) is 0 Å². The first kappa shape index (κ1) is 6.65. The predicted octanol–water partition coefficient (Wildman–Crippen LogP) is -1.48. The molecule has 0 saturated carbocycles. The van der Waals surface area contributed by atoms with Gasteiger partial charge in [-0.15, -0.1) is 0 Å². The van der Waals surface area contributed by atoms with E-state index in [1.807, 2.05) is 0 Å². The van der Waals surface area contributed by atoms with Crippen LogP contribution >= 0.6 is 0 Å². The summed E-state index contributed by atoms with van der Waals surface area (Å²) in [6.45, 7) is 0. The van der Waals surface area contributed by atoms with Gasteiger partial charge in [0, 0.05) is 0 Å². The van der Waals surface area contributed by atoms with Crippen molar-refractivity contribution in [2.24, 2.45) is 0 Å². The molecule has 0 spiro atoms. The second-order valence-electron chi connectivity index (χ2n) is 2.25. The van der Waals surface area contributed by atoms with Crippen LogP contribution < -0.4 is 17.0 Å². The molecule has 62 valence electrons. The fraction of sp³-hybridized carbons (Fsp3) is 0. The Morgan fingerprint density at radius 2 is 1.92 bits per heavy atom. The molecule has 7 heteroatoms. The second kappa shape index (κ2) is 1.97. The van der Waals surface area contributed by atoms with Gasteiger partial charge in [-0.2, -0.15) is 4.98 Å². The Morgan fingerprint density at radius 3 is 2.67 bits per heavy atom. The molecular weight excluding hydrogens is 165 g/mol. The molecule has 2 aromatic rings. The highest BCUT2D eigenvalue weighted by Crippen LogP contribution is 1.96. The summed E-state index contributed by atoms with van der Waals surface area (Å²) in [5, 5.41) is 0. The molecular formula is C5H5N5O2. The fourth-order valence-electron chi connectivity index (χ4n) is 0.949. The van der Waals surface area contributed by atoms with Crippen molar-refractivity contribution >= 4 is 17.1 Å². The summed E-state index contributed by atoms with van der Waals surface area (Å²) in [6.07, 6.45) is 0. The quantitative estimate of drug-likeness (QED) is 0.385. The molecule has 0 saturated heterocycles. The van der Waals surface area contributed by atoms with E-state index in [2.05, 4.69) is 19.9 Å². The second-order valence-corrected chi connectivity index (χ2v) is 2.25. The van der Waals surface area contributed by atoms with Crippen molar-refractivity contribution in [3.8, 4) is 0 Å². The van der Waals surface area contributed by atoms with E-state index in [0.717, 1.165) is 0 Å². The van der Waals surface area contributed by atoms with Crippen molar-refractivity contribution < 1.29 is 0 Å². The molecule has 5 N–H and O–H groups in total. The van der Waals surface area contributed by atoms with Gasteiger partial charge in [0.2, 0.25) is 5.95 Å². The number of H-pyrrole nitrogens is 3. The predicted molar refractivity (Wildman–Crippen MR) is 41.7 cm³/mol. The zero-order valence-electron chi connectivity index (χ0n) is 5.84. The van der Waals surface area contributed by atoms with Crippen molar-refractivity contribution in [1.29, 1.82) is 0 Å². The number of nitrogens with zero attached hydrogens (tertiary/aromatic N) is 1. The topological polar surface area (TPSA) is 120 Å². The molecule has 0 aliphatic carbocycles. The van der Waals surface area contributed by atoms with E-state index < -0.39 is 11.2 Å². The van der Waals surface area contributed by atoms with Gasteiger partial charge in [-0.05, 0) is 0 Å². The van der Waals surface area contributed by atoms with Crippen LogP contribution in [-0.4, -0.2) is 19.9 Å². The van der Waals surface area contributed by atoms with Gasteiger partial charge in [-0.1, -0.05) is 0 Å². The molecule has 0 unspecified atom stereocenters. The highest BCUT2D eigenvalue weighted by Gasteiger charge is 2.03. The Hall–Kier alpha value is -2.05. The minimum atomic E-state index is -0.478. The van der Waals surface area contributed by atoms with E-state index in [9.17, 15) is 9.59 Å². The van der Waals surface area contributed by atoms with Crippen LogP contribution in [0.5, 0.6) is 0 Å². The van der Waals surface area contributed by atoms with Crippen molar-refractivity contribution in [2.75, 3.05) is 5.73 Å². The van der Waals surface area contributed by atoms with Crippen LogP contribution in [0.4, 0.5) is 5.95 Å². The van der Waals surface area contributed by atoms with Crippen molar-refractivity contribution in [1.82, 2.24) is 19.9 Å². The summed E-state index contributed by atoms with van der Waals surface area (Å²) in [5.41, 5.74) is 4.56. The van der Waals surface area contributed by atoms with E-state index in [1.54, 1.807) is 0 Å². The number of nitrogens with one attached hydrogen (secondary N) is 3. The van der Waals surface area contributed by atoms with Gasteiger partial charge in [0.05, 0.1) is 0 Å². The molecule has 0 atom stereocenters. The van der Waals surface area contributed by atoms with E-state index in [4.69, 9.17) is 5.73 Å². The molecule has 2 rings (SSSR count). The maximum absolute atomic E-state index is 11.0. The lowest BCUT2D eigenvalue weighted by atomic mass is 10.9. The summed E-state index contributed by atoms with van der Waals surface area (Å²) in [6, 6.07) is 0. The van der Waals surface area contributed by atoms with Gasteiger partial charge in [0.1, 0.15) is 0 Å². The molecule has 7 nitrogen and oxygen atoms in total. The first-order valence-corrected chi connectivity index (χ1v) is 3.14. The van der Waals surface area contributed by atoms with Crippen molar-refractivity contribution in [3.63, 3.8) is 0 Å². The number of hydrogen-bond donors (Lipinski definition) is 4. The van der Waals surface area contributed by atoms with Gasteiger partial charge in [-0.3, -0.25) is 19.7 Å². The minimum Gasteiger partial charge on any atom is -0.369 e. The maximum Gasteiger partial charge on any atom is 0.325 e. The number of nitrogen functional groups attached to an aromatic ring is 1.